The Balaban J connectivity index is 1.59. The van der Waals surface area contributed by atoms with Gasteiger partial charge in [0.15, 0.2) is 11.5 Å². The number of carbonyl (C=O) groups is 2. The fraction of sp³-hybridized carbons (Fsp3) is 0.423. The summed E-state index contributed by atoms with van der Waals surface area (Å²) in [6.45, 7) is 4.10. The van der Waals surface area contributed by atoms with Gasteiger partial charge in [-0.3, -0.25) is 18.9 Å². The molecule has 204 valence electrons. The van der Waals surface area contributed by atoms with E-state index in [2.05, 4.69) is 10.6 Å². The molecule has 0 aromatic heterocycles. The number of rotatable bonds is 9. The number of carbonyl (C=O) groups excluding carboxylic acids is 2. The number of ether oxygens (including phenoxy) is 2. The van der Waals surface area contributed by atoms with Crippen LogP contribution in [0.1, 0.15) is 24.8 Å². The van der Waals surface area contributed by atoms with Gasteiger partial charge < -0.3 is 25.0 Å². The summed E-state index contributed by atoms with van der Waals surface area (Å²) >= 11 is 0. The Morgan fingerprint density at radius 3 is 2.32 bits per heavy atom. The van der Waals surface area contributed by atoms with Gasteiger partial charge in [-0.25, -0.2) is 8.42 Å². The fourth-order valence-electron chi connectivity index (χ4n) is 4.66. The predicted octanol–water partition coefficient (Wildman–Crippen LogP) is 2.12. The van der Waals surface area contributed by atoms with Gasteiger partial charge >= 0.3 is 0 Å². The maximum atomic E-state index is 12.9. The van der Waals surface area contributed by atoms with Crippen LogP contribution < -0.4 is 24.4 Å². The van der Waals surface area contributed by atoms with E-state index in [1.165, 1.54) is 14.2 Å². The SMILES string of the molecule is CCC(=Nc1ccc(N(CC(=O)N2CCNCC2)S(C)(=O)=O)cc1)C1C(=O)Nc2cc(OC)c(OC)cc21. The number of nitrogens with one attached hydrogen (secondary N) is 2. The zero-order valence-corrected chi connectivity index (χ0v) is 22.8. The van der Waals surface area contributed by atoms with Crippen LogP contribution in [-0.4, -0.2) is 84.0 Å². The molecule has 0 bridgehead atoms. The zero-order valence-electron chi connectivity index (χ0n) is 22.0. The lowest BCUT2D eigenvalue weighted by Gasteiger charge is -2.30. The van der Waals surface area contributed by atoms with Crippen molar-refractivity contribution < 1.29 is 27.5 Å². The predicted molar refractivity (Wildman–Crippen MR) is 146 cm³/mol. The Morgan fingerprint density at radius 1 is 1.11 bits per heavy atom. The van der Waals surface area contributed by atoms with Crippen LogP contribution in [0.2, 0.25) is 0 Å². The van der Waals surface area contributed by atoms with E-state index in [1.807, 2.05) is 6.92 Å². The third kappa shape index (κ3) is 5.76. The molecule has 2 amide bonds. The van der Waals surface area contributed by atoms with Crippen molar-refractivity contribution in [3.8, 4) is 11.5 Å². The highest BCUT2D eigenvalue weighted by Gasteiger charge is 2.35. The summed E-state index contributed by atoms with van der Waals surface area (Å²) in [5.74, 6) is -0.00135. The van der Waals surface area contributed by atoms with Crippen molar-refractivity contribution in [2.24, 2.45) is 4.99 Å². The quantitative estimate of drug-likeness (QED) is 0.464. The Morgan fingerprint density at radius 2 is 1.74 bits per heavy atom. The lowest BCUT2D eigenvalue weighted by atomic mass is 9.93. The molecule has 0 radical (unpaired) electrons. The number of piperazine rings is 1. The van der Waals surface area contributed by atoms with E-state index in [4.69, 9.17) is 14.5 Å². The number of hydrogen-bond donors (Lipinski definition) is 2. The maximum Gasteiger partial charge on any atom is 0.243 e. The zero-order chi connectivity index (χ0) is 27.4. The number of amides is 2. The topological polar surface area (TPSA) is 130 Å². The normalized spacial score (nSPS) is 17.6. The molecule has 12 heteroatoms. The highest BCUT2D eigenvalue weighted by molar-refractivity contribution is 7.92. The van der Waals surface area contributed by atoms with Gasteiger partial charge in [-0.1, -0.05) is 6.92 Å². The monoisotopic (exact) mass is 543 g/mol. The van der Waals surface area contributed by atoms with Crippen molar-refractivity contribution in [3.05, 3.63) is 42.0 Å². The van der Waals surface area contributed by atoms with Crippen molar-refractivity contribution in [3.63, 3.8) is 0 Å². The lowest BCUT2D eigenvalue weighted by molar-refractivity contribution is -0.130. The summed E-state index contributed by atoms with van der Waals surface area (Å²) in [6.07, 6.45) is 1.60. The van der Waals surface area contributed by atoms with Crippen LogP contribution in [0.15, 0.2) is 41.4 Å². The van der Waals surface area contributed by atoms with Crippen molar-refractivity contribution in [1.29, 1.82) is 0 Å². The molecule has 38 heavy (non-hydrogen) atoms. The van der Waals surface area contributed by atoms with Gasteiger partial charge in [0.25, 0.3) is 0 Å². The van der Waals surface area contributed by atoms with Crippen LogP contribution in [0.3, 0.4) is 0 Å². The summed E-state index contributed by atoms with van der Waals surface area (Å²) in [6, 6.07) is 10.1. The number of sulfonamides is 1. The maximum absolute atomic E-state index is 12.9. The van der Waals surface area contributed by atoms with Crippen LogP contribution in [0.5, 0.6) is 11.5 Å². The van der Waals surface area contributed by atoms with E-state index in [-0.39, 0.29) is 18.4 Å². The number of fused-ring (bicyclic) bond motifs is 1. The molecular weight excluding hydrogens is 510 g/mol. The molecule has 11 nitrogen and oxygen atoms in total. The minimum absolute atomic E-state index is 0.192. The molecular formula is C26H33N5O6S. The van der Waals surface area contributed by atoms with E-state index in [0.29, 0.717) is 66.9 Å². The van der Waals surface area contributed by atoms with Gasteiger partial charge in [-0.2, -0.15) is 0 Å². The fourth-order valence-corrected chi connectivity index (χ4v) is 5.51. The standard InChI is InChI=1S/C26H33N5O6S/c1-5-20(25-19-14-22(36-2)23(37-3)15-21(19)29-26(25)33)28-17-6-8-18(9-7-17)31(38(4,34)35)16-24(32)30-12-10-27-11-13-30/h6-9,14-15,25,27H,5,10-13,16H2,1-4H3,(H,29,33). The third-order valence-corrected chi connectivity index (χ3v) is 7.78. The second kappa shape index (κ2) is 11.4. The minimum Gasteiger partial charge on any atom is -0.493 e. The molecule has 2 aromatic rings. The van der Waals surface area contributed by atoms with Crippen molar-refractivity contribution in [2.45, 2.75) is 19.3 Å². The smallest absolute Gasteiger partial charge is 0.243 e. The van der Waals surface area contributed by atoms with Crippen LogP contribution in [0, 0.1) is 0 Å². The summed E-state index contributed by atoms with van der Waals surface area (Å²) < 4.78 is 36.9. The number of nitrogens with zero attached hydrogens (tertiary/aromatic N) is 3. The van der Waals surface area contributed by atoms with E-state index in [9.17, 15) is 18.0 Å². The Hall–Kier alpha value is -3.64. The largest absolute Gasteiger partial charge is 0.493 e. The molecule has 1 saturated heterocycles. The van der Waals surface area contributed by atoms with E-state index < -0.39 is 15.9 Å². The third-order valence-electron chi connectivity index (χ3n) is 6.64. The van der Waals surface area contributed by atoms with Crippen LogP contribution in [0.4, 0.5) is 17.1 Å². The molecule has 1 fully saturated rings. The average Bonchev–Trinajstić information content (AvgIpc) is 3.24. The molecule has 4 rings (SSSR count). The van der Waals surface area contributed by atoms with E-state index in [0.717, 1.165) is 16.1 Å². The molecule has 2 N–H and O–H groups in total. The second-order valence-electron chi connectivity index (χ2n) is 9.09. The summed E-state index contributed by atoms with van der Waals surface area (Å²) in [7, 11) is -0.626. The highest BCUT2D eigenvalue weighted by Crippen LogP contribution is 2.42. The number of benzene rings is 2. The Labute approximate surface area is 222 Å². The minimum atomic E-state index is -3.70. The molecule has 2 heterocycles. The molecule has 2 aliphatic rings. The van der Waals surface area contributed by atoms with Gasteiger partial charge in [-0.05, 0) is 42.3 Å². The summed E-state index contributed by atoms with van der Waals surface area (Å²) in [5, 5.41) is 6.07. The molecule has 2 aromatic carbocycles. The van der Waals surface area contributed by atoms with Crippen molar-refractivity contribution in [2.75, 3.05) is 62.8 Å². The lowest BCUT2D eigenvalue weighted by Crippen LogP contribution is -2.50. The Kier molecular flexibility index (Phi) is 8.22. The van der Waals surface area contributed by atoms with Crippen LogP contribution >= 0.6 is 0 Å². The first-order valence-electron chi connectivity index (χ1n) is 12.4. The number of methoxy groups -OCH3 is 2. The molecule has 2 aliphatic heterocycles. The van der Waals surface area contributed by atoms with Crippen LogP contribution in [-0.2, 0) is 19.6 Å². The summed E-state index contributed by atoms with van der Waals surface area (Å²) in [4.78, 5) is 32.1. The van der Waals surface area contributed by atoms with Crippen LogP contribution in [0.25, 0.3) is 0 Å². The molecule has 0 spiro atoms. The molecule has 0 aliphatic carbocycles. The molecule has 1 atom stereocenters. The Bertz CT molecular complexity index is 1340. The highest BCUT2D eigenvalue weighted by atomic mass is 32.2. The second-order valence-corrected chi connectivity index (χ2v) is 11.0. The first kappa shape index (κ1) is 27.4. The first-order chi connectivity index (χ1) is 18.2. The van der Waals surface area contributed by atoms with Gasteiger partial charge in [0, 0.05) is 43.6 Å². The van der Waals surface area contributed by atoms with Gasteiger partial charge in [0.05, 0.1) is 31.9 Å². The number of hydrogen-bond acceptors (Lipinski definition) is 8. The average molecular weight is 544 g/mol. The molecule has 0 saturated carbocycles. The van der Waals surface area contributed by atoms with Crippen molar-refractivity contribution >= 4 is 44.6 Å². The number of anilines is 2. The summed E-state index contributed by atoms with van der Waals surface area (Å²) in [5.41, 5.74) is 2.98. The van der Waals surface area contributed by atoms with Gasteiger partial charge in [0.2, 0.25) is 21.8 Å². The molecule has 1 unspecified atom stereocenters. The number of aliphatic imine (C=N–C) groups is 1. The van der Waals surface area contributed by atoms with Gasteiger partial charge in [0.1, 0.15) is 12.5 Å². The van der Waals surface area contributed by atoms with E-state index >= 15 is 0 Å². The van der Waals surface area contributed by atoms with E-state index in [1.54, 1.807) is 41.3 Å². The van der Waals surface area contributed by atoms with Gasteiger partial charge in [-0.15, -0.1) is 0 Å². The first-order valence-corrected chi connectivity index (χ1v) is 14.2. The van der Waals surface area contributed by atoms with Crippen molar-refractivity contribution in [1.82, 2.24) is 10.2 Å².